The third-order valence-electron chi connectivity index (χ3n) is 5.62. The molecule has 1 saturated heterocycles. The number of carbonyl (C=O) groups excluding carboxylic acids is 3. The molecule has 33 heavy (non-hydrogen) atoms. The molecule has 1 aliphatic heterocycles. The number of amides is 3. The van der Waals surface area contributed by atoms with Crippen LogP contribution in [0.2, 0.25) is 0 Å². The van der Waals surface area contributed by atoms with Crippen LogP contribution >= 0.6 is 0 Å². The first kappa shape index (κ1) is 24.2. The number of para-hydroxylation sites is 1. The number of rotatable bonds is 8. The van der Waals surface area contributed by atoms with Crippen molar-refractivity contribution < 1.29 is 27.9 Å². The highest BCUT2D eigenvalue weighted by atomic mass is 19.2. The fraction of sp³-hybridized carbons (Fsp3) is 0.375. The average molecular weight is 459 g/mol. The van der Waals surface area contributed by atoms with Crippen LogP contribution in [0.4, 0.5) is 8.78 Å². The molecule has 0 spiro atoms. The van der Waals surface area contributed by atoms with Gasteiger partial charge in [0, 0.05) is 26.1 Å². The maximum atomic E-state index is 13.6. The molecule has 0 bridgehead atoms. The van der Waals surface area contributed by atoms with Crippen molar-refractivity contribution in [2.45, 2.75) is 25.3 Å². The van der Waals surface area contributed by atoms with E-state index < -0.39 is 29.5 Å². The number of nitrogens with zero attached hydrogens (tertiary/aromatic N) is 1. The molecule has 0 radical (unpaired) electrons. The van der Waals surface area contributed by atoms with Crippen LogP contribution in [0.3, 0.4) is 0 Å². The van der Waals surface area contributed by atoms with Gasteiger partial charge in [-0.05, 0) is 42.7 Å². The molecule has 3 rings (SSSR count). The van der Waals surface area contributed by atoms with Gasteiger partial charge in [-0.3, -0.25) is 14.4 Å². The summed E-state index contributed by atoms with van der Waals surface area (Å²) in [5.74, 6) is -2.78. The Balaban J connectivity index is 1.50. The second-order valence-corrected chi connectivity index (χ2v) is 7.80. The first-order valence-electron chi connectivity index (χ1n) is 10.8. The maximum Gasteiger partial charge on any atom is 0.246 e. The van der Waals surface area contributed by atoms with Crippen molar-refractivity contribution in [3.05, 3.63) is 65.7 Å². The summed E-state index contributed by atoms with van der Waals surface area (Å²) >= 11 is 0. The molecule has 1 heterocycles. The number of ether oxygens (including phenoxy) is 1. The number of nitrogens with one attached hydrogen (secondary N) is 2. The Kier molecular flexibility index (Phi) is 8.34. The van der Waals surface area contributed by atoms with Gasteiger partial charge in [0.05, 0.1) is 13.0 Å². The van der Waals surface area contributed by atoms with Crippen LogP contribution in [0.5, 0.6) is 5.75 Å². The van der Waals surface area contributed by atoms with Gasteiger partial charge in [-0.1, -0.05) is 24.3 Å². The van der Waals surface area contributed by atoms with Crippen LogP contribution in [0.1, 0.15) is 30.9 Å². The van der Waals surface area contributed by atoms with Crippen LogP contribution in [0, 0.1) is 17.6 Å². The zero-order chi connectivity index (χ0) is 23.8. The number of piperidine rings is 1. The molecule has 1 fully saturated rings. The Morgan fingerprint density at radius 1 is 1.06 bits per heavy atom. The first-order chi connectivity index (χ1) is 15.9. The summed E-state index contributed by atoms with van der Waals surface area (Å²) in [6.07, 6.45) is 1.12. The highest BCUT2D eigenvalue weighted by Crippen LogP contribution is 2.22. The van der Waals surface area contributed by atoms with E-state index in [0.29, 0.717) is 31.7 Å². The number of benzene rings is 2. The second-order valence-electron chi connectivity index (χ2n) is 7.80. The molecule has 2 N–H and O–H groups in total. The Morgan fingerprint density at radius 3 is 2.39 bits per heavy atom. The predicted molar refractivity (Wildman–Crippen MR) is 117 cm³/mol. The van der Waals surface area contributed by atoms with E-state index in [9.17, 15) is 23.2 Å². The number of carbonyl (C=O) groups is 3. The van der Waals surface area contributed by atoms with E-state index in [2.05, 4.69) is 10.6 Å². The first-order valence-corrected chi connectivity index (χ1v) is 10.8. The number of likely N-dealkylation sites (N-methyl/N-ethyl adjacent to an activating group) is 1. The Bertz CT molecular complexity index is 979. The fourth-order valence-electron chi connectivity index (χ4n) is 3.72. The molecule has 0 aliphatic carbocycles. The third-order valence-corrected chi connectivity index (χ3v) is 5.62. The lowest BCUT2D eigenvalue weighted by molar-refractivity contribution is -0.136. The Morgan fingerprint density at radius 2 is 1.76 bits per heavy atom. The van der Waals surface area contributed by atoms with E-state index >= 15 is 0 Å². The molecule has 7 nitrogen and oxygen atoms in total. The number of hydrogen-bond donors (Lipinski definition) is 2. The SMILES string of the molecule is CNC(=O)C(NC(=O)C1CCN(C(=O)CCOc2ccccc2)CC1)c1ccc(F)c(F)c1. The highest BCUT2D eigenvalue weighted by Gasteiger charge is 2.30. The largest absolute Gasteiger partial charge is 0.493 e. The van der Waals surface area contributed by atoms with Gasteiger partial charge < -0.3 is 20.3 Å². The standard InChI is InChI=1S/C24H27F2N3O4/c1-27-24(32)22(17-7-8-19(25)20(26)15-17)28-23(31)16-9-12-29(13-10-16)21(30)11-14-33-18-5-3-2-4-6-18/h2-8,15-16,22H,9-14H2,1H3,(H,27,32)(H,28,31). The number of halogens is 2. The molecule has 0 saturated carbocycles. The van der Waals surface area contributed by atoms with Crippen molar-refractivity contribution in [2.75, 3.05) is 26.7 Å². The van der Waals surface area contributed by atoms with Crippen molar-refractivity contribution in [1.29, 1.82) is 0 Å². The lowest BCUT2D eigenvalue weighted by Gasteiger charge is -2.32. The zero-order valence-electron chi connectivity index (χ0n) is 18.4. The molecule has 9 heteroatoms. The maximum absolute atomic E-state index is 13.6. The normalized spacial score (nSPS) is 14.9. The predicted octanol–water partition coefficient (Wildman–Crippen LogP) is 2.58. The van der Waals surface area contributed by atoms with Gasteiger partial charge in [-0.2, -0.15) is 0 Å². The van der Waals surface area contributed by atoms with E-state index in [1.807, 2.05) is 30.3 Å². The number of likely N-dealkylation sites (tertiary alicyclic amines) is 1. The lowest BCUT2D eigenvalue weighted by atomic mass is 9.94. The molecule has 2 aromatic carbocycles. The van der Waals surface area contributed by atoms with Crippen LogP contribution in [-0.4, -0.2) is 49.4 Å². The minimum absolute atomic E-state index is 0.0465. The second kappa shape index (κ2) is 11.4. The molecular formula is C24H27F2N3O4. The fourth-order valence-corrected chi connectivity index (χ4v) is 3.72. The number of hydrogen-bond acceptors (Lipinski definition) is 4. The van der Waals surface area contributed by atoms with Crippen LogP contribution in [-0.2, 0) is 14.4 Å². The summed E-state index contributed by atoms with van der Waals surface area (Å²) in [5.41, 5.74) is 0.146. The smallest absolute Gasteiger partial charge is 0.246 e. The van der Waals surface area contributed by atoms with Gasteiger partial charge in [0.15, 0.2) is 11.6 Å². The van der Waals surface area contributed by atoms with Crippen molar-refractivity contribution in [3.8, 4) is 5.75 Å². The lowest BCUT2D eigenvalue weighted by Crippen LogP contribution is -2.46. The van der Waals surface area contributed by atoms with Crippen molar-refractivity contribution in [1.82, 2.24) is 15.5 Å². The average Bonchev–Trinajstić information content (AvgIpc) is 2.84. The molecule has 1 aliphatic rings. The summed E-state index contributed by atoms with van der Waals surface area (Å²) in [7, 11) is 1.40. The molecule has 3 amide bonds. The van der Waals surface area contributed by atoms with E-state index in [1.54, 1.807) is 4.90 Å². The molecule has 1 atom stereocenters. The van der Waals surface area contributed by atoms with E-state index in [0.717, 1.165) is 12.1 Å². The summed E-state index contributed by atoms with van der Waals surface area (Å²) in [4.78, 5) is 39.2. The van der Waals surface area contributed by atoms with Gasteiger partial charge >= 0.3 is 0 Å². The molecule has 1 unspecified atom stereocenters. The molecule has 2 aromatic rings. The summed E-state index contributed by atoms with van der Waals surface area (Å²) < 4.78 is 32.5. The third kappa shape index (κ3) is 6.50. The van der Waals surface area contributed by atoms with Crippen LogP contribution < -0.4 is 15.4 Å². The minimum atomic E-state index is -1.15. The van der Waals surface area contributed by atoms with Gasteiger partial charge in [0.25, 0.3) is 0 Å². The summed E-state index contributed by atoms with van der Waals surface area (Å²) in [6.45, 7) is 1.10. The van der Waals surface area contributed by atoms with Crippen molar-refractivity contribution >= 4 is 17.7 Å². The summed E-state index contributed by atoms with van der Waals surface area (Å²) in [5, 5.41) is 5.06. The monoisotopic (exact) mass is 459 g/mol. The van der Waals surface area contributed by atoms with Gasteiger partial charge in [0.2, 0.25) is 17.7 Å². The topological polar surface area (TPSA) is 87.7 Å². The van der Waals surface area contributed by atoms with Gasteiger partial charge in [-0.25, -0.2) is 8.78 Å². The molecular weight excluding hydrogens is 432 g/mol. The van der Waals surface area contributed by atoms with E-state index in [-0.39, 0.29) is 30.4 Å². The molecule has 176 valence electrons. The van der Waals surface area contributed by atoms with Crippen molar-refractivity contribution in [2.24, 2.45) is 5.92 Å². The Labute approximate surface area is 191 Å². The Hall–Kier alpha value is -3.49. The van der Waals surface area contributed by atoms with E-state index in [4.69, 9.17) is 4.74 Å². The zero-order valence-corrected chi connectivity index (χ0v) is 18.4. The van der Waals surface area contributed by atoms with E-state index in [1.165, 1.54) is 13.1 Å². The van der Waals surface area contributed by atoms with Gasteiger partial charge in [-0.15, -0.1) is 0 Å². The van der Waals surface area contributed by atoms with Crippen molar-refractivity contribution in [3.63, 3.8) is 0 Å². The summed E-state index contributed by atoms with van der Waals surface area (Å²) in [6, 6.07) is 11.2. The van der Waals surface area contributed by atoms with Crippen LogP contribution in [0.25, 0.3) is 0 Å². The highest BCUT2D eigenvalue weighted by molar-refractivity contribution is 5.89. The quantitative estimate of drug-likeness (QED) is 0.635. The van der Waals surface area contributed by atoms with Crippen LogP contribution in [0.15, 0.2) is 48.5 Å². The van der Waals surface area contributed by atoms with Gasteiger partial charge in [0.1, 0.15) is 11.8 Å². The molecule has 0 aromatic heterocycles. The minimum Gasteiger partial charge on any atom is -0.493 e.